The van der Waals surface area contributed by atoms with Crippen LogP contribution in [0.15, 0.2) is 18.2 Å². The van der Waals surface area contributed by atoms with Crippen LogP contribution in [0.5, 0.6) is 0 Å². The second-order valence-corrected chi connectivity index (χ2v) is 5.41. The quantitative estimate of drug-likeness (QED) is 0.787. The molecule has 5 nitrogen and oxygen atoms in total. The maximum absolute atomic E-state index is 12.2. The van der Waals surface area contributed by atoms with Gasteiger partial charge in [-0.3, -0.25) is 4.79 Å². The Bertz CT molecular complexity index is 542. The van der Waals surface area contributed by atoms with Crippen LogP contribution >= 0.6 is 0 Å². The van der Waals surface area contributed by atoms with E-state index in [1.165, 1.54) is 0 Å². The van der Waals surface area contributed by atoms with Crippen molar-refractivity contribution in [1.82, 2.24) is 5.32 Å². The van der Waals surface area contributed by atoms with Crippen LogP contribution in [-0.2, 0) is 11.2 Å². The minimum absolute atomic E-state index is 0.00275. The van der Waals surface area contributed by atoms with Crippen LogP contribution in [0.1, 0.15) is 42.6 Å². The molecule has 0 saturated heterocycles. The molecule has 0 aliphatic carbocycles. The van der Waals surface area contributed by atoms with Gasteiger partial charge in [-0.25, -0.2) is 4.79 Å². The summed E-state index contributed by atoms with van der Waals surface area (Å²) in [5.41, 5.74) is 2.24. The first-order chi connectivity index (χ1) is 10.0. The summed E-state index contributed by atoms with van der Waals surface area (Å²) in [6.45, 7) is 5.39. The molecule has 2 rings (SSSR count). The maximum Gasteiger partial charge on any atom is 0.335 e. The molecule has 1 amide bonds. The van der Waals surface area contributed by atoms with Crippen LogP contribution < -0.4 is 10.2 Å². The molecule has 0 aromatic heterocycles. The van der Waals surface area contributed by atoms with Gasteiger partial charge in [0.15, 0.2) is 0 Å². The lowest BCUT2D eigenvalue weighted by Gasteiger charge is -2.26. The Morgan fingerprint density at radius 2 is 2.19 bits per heavy atom. The second kappa shape index (κ2) is 6.61. The Labute approximate surface area is 125 Å². The average Bonchev–Trinajstić information content (AvgIpc) is 2.89. The maximum atomic E-state index is 12.2. The summed E-state index contributed by atoms with van der Waals surface area (Å²) in [5, 5.41) is 12.0. The van der Waals surface area contributed by atoms with Gasteiger partial charge < -0.3 is 15.3 Å². The summed E-state index contributed by atoms with van der Waals surface area (Å²) < 4.78 is 0. The summed E-state index contributed by atoms with van der Waals surface area (Å²) in [5.74, 6) is -0.943. The van der Waals surface area contributed by atoms with Crippen molar-refractivity contribution in [2.45, 2.75) is 39.2 Å². The monoisotopic (exact) mass is 290 g/mol. The molecule has 21 heavy (non-hydrogen) atoms. The van der Waals surface area contributed by atoms with E-state index in [0.29, 0.717) is 6.54 Å². The molecule has 114 valence electrons. The Kier molecular flexibility index (Phi) is 4.83. The molecule has 1 unspecified atom stereocenters. The smallest absolute Gasteiger partial charge is 0.335 e. The van der Waals surface area contributed by atoms with E-state index in [0.717, 1.165) is 37.1 Å². The summed E-state index contributed by atoms with van der Waals surface area (Å²) in [6.07, 6.45) is 2.86. The highest BCUT2D eigenvalue weighted by molar-refractivity contribution is 5.91. The lowest BCUT2D eigenvalue weighted by molar-refractivity contribution is -0.122. The zero-order valence-electron chi connectivity index (χ0n) is 12.6. The Hall–Kier alpha value is -2.04. The summed E-state index contributed by atoms with van der Waals surface area (Å²) in [4.78, 5) is 25.2. The molecular weight excluding hydrogens is 268 g/mol. The third-order valence-electron chi connectivity index (χ3n) is 3.94. The number of nitrogens with zero attached hydrogens (tertiary/aromatic N) is 1. The van der Waals surface area contributed by atoms with Crippen molar-refractivity contribution in [3.63, 3.8) is 0 Å². The molecule has 2 N–H and O–H groups in total. The molecule has 0 bridgehead atoms. The van der Waals surface area contributed by atoms with Crippen molar-refractivity contribution >= 4 is 17.6 Å². The van der Waals surface area contributed by atoms with Crippen molar-refractivity contribution in [2.75, 3.05) is 18.0 Å². The fraction of sp³-hybridized carbons (Fsp3) is 0.500. The molecule has 0 fully saturated rings. The van der Waals surface area contributed by atoms with E-state index in [-0.39, 0.29) is 17.5 Å². The van der Waals surface area contributed by atoms with E-state index in [1.807, 2.05) is 17.9 Å². The van der Waals surface area contributed by atoms with Crippen molar-refractivity contribution in [2.24, 2.45) is 0 Å². The first-order valence-corrected chi connectivity index (χ1v) is 7.45. The number of carbonyl (C=O) groups excluding carboxylic acids is 1. The SMILES string of the molecule is CCCCNC(=O)C(C)N1CCc2ccc(C(=O)O)cc21. The molecule has 5 heteroatoms. The molecule has 1 aliphatic heterocycles. The van der Waals surface area contributed by atoms with E-state index in [2.05, 4.69) is 12.2 Å². The zero-order valence-corrected chi connectivity index (χ0v) is 12.6. The predicted octanol–water partition coefficient (Wildman–Crippen LogP) is 2.05. The van der Waals surface area contributed by atoms with Gasteiger partial charge in [-0.15, -0.1) is 0 Å². The Morgan fingerprint density at radius 3 is 2.86 bits per heavy atom. The van der Waals surface area contributed by atoms with Crippen molar-refractivity contribution in [1.29, 1.82) is 0 Å². The largest absolute Gasteiger partial charge is 0.478 e. The number of carbonyl (C=O) groups is 2. The van der Waals surface area contributed by atoms with Gasteiger partial charge in [0.2, 0.25) is 5.91 Å². The molecule has 1 aromatic rings. The summed E-state index contributed by atoms with van der Waals surface area (Å²) in [6, 6.07) is 4.85. The number of rotatable bonds is 6. The van der Waals surface area contributed by atoms with E-state index in [9.17, 15) is 9.59 Å². The molecule has 1 aliphatic rings. The zero-order chi connectivity index (χ0) is 15.4. The fourth-order valence-corrected chi connectivity index (χ4v) is 2.62. The van der Waals surface area contributed by atoms with Gasteiger partial charge in [-0.1, -0.05) is 19.4 Å². The van der Waals surface area contributed by atoms with Crippen molar-refractivity contribution in [3.05, 3.63) is 29.3 Å². The molecular formula is C16H22N2O3. The van der Waals surface area contributed by atoms with Crippen LogP contribution in [-0.4, -0.2) is 36.1 Å². The number of aromatic carboxylic acids is 1. The van der Waals surface area contributed by atoms with Gasteiger partial charge >= 0.3 is 5.97 Å². The van der Waals surface area contributed by atoms with Crippen LogP contribution in [0, 0.1) is 0 Å². The normalized spacial score (nSPS) is 14.7. The number of unbranched alkanes of at least 4 members (excludes halogenated alkanes) is 1. The third kappa shape index (κ3) is 3.35. The number of amides is 1. The lowest BCUT2D eigenvalue weighted by atomic mass is 10.1. The van der Waals surface area contributed by atoms with Gasteiger partial charge in [-0.2, -0.15) is 0 Å². The molecule has 1 atom stereocenters. The van der Waals surface area contributed by atoms with E-state index in [1.54, 1.807) is 12.1 Å². The summed E-state index contributed by atoms with van der Waals surface area (Å²) in [7, 11) is 0. The predicted molar refractivity (Wildman–Crippen MR) is 81.8 cm³/mol. The van der Waals surface area contributed by atoms with Gasteiger partial charge in [0, 0.05) is 18.8 Å². The second-order valence-electron chi connectivity index (χ2n) is 5.41. The Balaban J connectivity index is 2.11. The molecule has 0 saturated carbocycles. The molecule has 1 aromatic carbocycles. The van der Waals surface area contributed by atoms with E-state index in [4.69, 9.17) is 5.11 Å². The highest BCUT2D eigenvalue weighted by atomic mass is 16.4. The van der Waals surface area contributed by atoms with Gasteiger partial charge in [0.25, 0.3) is 0 Å². The molecule has 1 heterocycles. The van der Waals surface area contributed by atoms with Gasteiger partial charge in [0.1, 0.15) is 6.04 Å². The van der Waals surface area contributed by atoms with Crippen molar-refractivity contribution < 1.29 is 14.7 Å². The van der Waals surface area contributed by atoms with Crippen molar-refractivity contribution in [3.8, 4) is 0 Å². The first-order valence-electron chi connectivity index (χ1n) is 7.45. The average molecular weight is 290 g/mol. The minimum Gasteiger partial charge on any atom is -0.478 e. The highest BCUT2D eigenvalue weighted by Crippen LogP contribution is 2.30. The number of anilines is 1. The lowest BCUT2D eigenvalue weighted by Crippen LogP contribution is -2.44. The number of carboxylic acids is 1. The topological polar surface area (TPSA) is 69.6 Å². The molecule has 0 spiro atoms. The van der Waals surface area contributed by atoms with Crippen LogP contribution in [0.2, 0.25) is 0 Å². The van der Waals surface area contributed by atoms with Gasteiger partial charge in [-0.05, 0) is 37.5 Å². The van der Waals surface area contributed by atoms with Crippen LogP contribution in [0.25, 0.3) is 0 Å². The van der Waals surface area contributed by atoms with E-state index >= 15 is 0 Å². The molecule has 0 radical (unpaired) electrons. The Morgan fingerprint density at radius 1 is 1.43 bits per heavy atom. The fourth-order valence-electron chi connectivity index (χ4n) is 2.62. The number of hydrogen-bond acceptors (Lipinski definition) is 3. The first kappa shape index (κ1) is 15.4. The number of hydrogen-bond donors (Lipinski definition) is 2. The van der Waals surface area contributed by atoms with E-state index < -0.39 is 5.97 Å². The third-order valence-corrected chi connectivity index (χ3v) is 3.94. The number of carboxylic acid groups (broad SMARTS) is 1. The number of fused-ring (bicyclic) bond motifs is 1. The number of benzene rings is 1. The minimum atomic E-state index is -0.940. The standard InChI is InChI=1S/C16H22N2O3/c1-3-4-8-17-15(19)11(2)18-9-7-12-5-6-13(16(20)21)10-14(12)18/h5-6,10-11H,3-4,7-9H2,1-2H3,(H,17,19)(H,20,21). The number of nitrogens with one attached hydrogen (secondary N) is 1. The van der Waals surface area contributed by atoms with Gasteiger partial charge in [0.05, 0.1) is 5.56 Å². The highest BCUT2D eigenvalue weighted by Gasteiger charge is 2.28. The summed E-state index contributed by atoms with van der Waals surface area (Å²) >= 11 is 0. The van der Waals surface area contributed by atoms with Crippen LogP contribution in [0.3, 0.4) is 0 Å². The van der Waals surface area contributed by atoms with Crippen LogP contribution in [0.4, 0.5) is 5.69 Å².